The van der Waals surface area contributed by atoms with Crippen LogP contribution in [0.1, 0.15) is 36.5 Å². The van der Waals surface area contributed by atoms with Gasteiger partial charge < -0.3 is 0 Å². The molecule has 0 aliphatic heterocycles. The minimum Gasteiger partial charge on any atom is -0.223 e. The summed E-state index contributed by atoms with van der Waals surface area (Å²) < 4.78 is 24.9. The van der Waals surface area contributed by atoms with Crippen molar-refractivity contribution < 1.29 is 8.42 Å². The van der Waals surface area contributed by atoms with Crippen molar-refractivity contribution in [3.8, 4) is 0 Å². The summed E-state index contributed by atoms with van der Waals surface area (Å²) >= 11 is 0. The van der Waals surface area contributed by atoms with Crippen molar-refractivity contribution in [3.63, 3.8) is 0 Å². The highest BCUT2D eigenvalue weighted by molar-refractivity contribution is 7.90. The summed E-state index contributed by atoms with van der Waals surface area (Å²) in [6, 6.07) is 14.5. The van der Waals surface area contributed by atoms with Gasteiger partial charge in [-0.15, -0.1) is 0 Å². The Kier molecular flexibility index (Phi) is 4.29. The average Bonchev–Trinajstić information content (AvgIpc) is 2.41. The fraction of sp³-hybridized carbons (Fsp3) is 0.294. The molecule has 0 heterocycles. The summed E-state index contributed by atoms with van der Waals surface area (Å²) in [6.45, 7) is 6.25. The second-order valence-electron chi connectivity index (χ2n) is 5.36. The van der Waals surface area contributed by atoms with Crippen molar-refractivity contribution in [3.05, 3.63) is 65.2 Å². The van der Waals surface area contributed by atoms with Crippen LogP contribution in [-0.2, 0) is 15.6 Å². The molecule has 2 rings (SSSR count). The summed E-state index contributed by atoms with van der Waals surface area (Å²) in [5, 5.41) is 0. The molecule has 0 atom stereocenters. The fourth-order valence-electron chi connectivity index (χ4n) is 2.40. The Bertz CT molecular complexity index is 686. The first-order valence-corrected chi connectivity index (χ1v) is 8.43. The third kappa shape index (κ3) is 3.10. The molecular formula is C17H20O2S. The molecular weight excluding hydrogens is 268 g/mol. The number of benzene rings is 2. The lowest BCUT2D eigenvalue weighted by Gasteiger charge is -2.14. The van der Waals surface area contributed by atoms with Gasteiger partial charge in [-0.2, -0.15) is 0 Å². The van der Waals surface area contributed by atoms with Gasteiger partial charge in [0.05, 0.1) is 10.6 Å². The van der Waals surface area contributed by atoms with Gasteiger partial charge in [0.15, 0.2) is 9.84 Å². The van der Waals surface area contributed by atoms with Crippen LogP contribution in [0.25, 0.3) is 0 Å². The molecule has 0 fully saturated rings. The quantitative estimate of drug-likeness (QED) is 0.849. The lowest BCUT2D eigenvalue weighted by Crippen LogP contribution is -2.07. The molecule has 0 spiro atoms. The third-order valence-corrected chi connectivity index (χ3v) is 5.24. The number of rotatable bonds is 4. The zero-order valence-electron chi connectivity index (χ0n) is 12.1. The fourth-order valence-corrected chi connectivity index (χ4v) is 3.86. The van der Waals surface area contributed by atoms with Crippen LogP contribution in [0.2, 0.25) is 0 Å². The number of hydrogen-bond acceptors (Lipinski definition) is 2. The average molecular weight is 288 g/mol. The molecule has 0 aliphatic carbocycles. The minimum atomic E-state index is -3.28. The van der Waals surface area contributed by atoms with E-state index >= 15 is 0 Å². The van der Waals surface area contributed by atoms with Crippen molar-refractivity contribution in [2.24, 2.45) is 0 Å². The largest absolute Gasteiger partial charge is 0.223 e. The SMILES string of the molecule is Cc1c(CS(=O)(=O)c2ccccc2)cccc1C(C)C. The molecule has 0 saturated carbocycles. The summed E-state index contributed by atoms with van der Waals surface area (Å²) in [5.74, 6) is 0.457. The maximum absolute atomic E-state index is 12.4. The van der Waals surface area contributed by atoms with Gasteiger partial charge in [-0.1, -0.05) is 50.2 Å². The molecule has 0 aliphatic rings. The normalized spacial score (nSPS) is 11.8. The molecule has 0 radical (unpaired) electrons. The van der Waals surface area contributed by atoms with Crippen LogP contribution in [-0.4, -0.2) is 8.42 Å². The first-order valence-electron chi connectivity index (χ1n) is 6.78. The minimum absolute atomic E-state index is 0.0589. The van der Waals surface area contributed by atoms with Gasteiger partial charge in [-0.3, -0.25) is 0 Å². The van der Waals surface area contributed by atoms with E-state index < -0.39 is 9.84 Å². The topological polar surface area (TPSA) is 34.1 Å². The monoisotopic (exact) mass is 288 g/mol. The van der Waals surface area contributed by atoms with Crippen LogP contribution in [0.4, 0.5) is 0 Å². The maximum Gasteiger partial charge on any atom is 0.182 e. The molecule has 20 heavy (non-hydrogen) atoms. The Morgan fingerprint density at radius 1 is 0.950 bits per heavy atom. The number of hydrogen-bond donors (Lipinski definition) is 0. The van der Waals surface area contributed by atoms with E-state index in [1.807, 2.05) is 25.1 Å². The van der Waals surface area contributed by atoms with E-state index in [0.29, 0.717) is 10.8 Å². The highest BCUT2D eigenvalue weighted by Gasteiger charge is 2.17. The molecule has 106 valence electrons. The third-order valence-electron chi connectivity index (χ3n) is 3.56. The number of sulfone groups is 1. The highest BCUT2D eigenvalue weighted by atomic mass is 32.2. The Morgan fingerprint density at radius 3 is 2.20 bits per heavy atom. The standard InChI is InChI=1S/C17H20O2S/c1-13(2)17-11-7-8-15(14(17)3)12-20(18,19)16-9-5-4-6-10-16/h4-11,13H,12H2,1-3H3. The van der Waals surface area contributed by atoms with Crippen LogP contribution in [0, 0.1) is 6.92 Å². The highest BCUT2D eigenvalue weighted by Crippen LogP contribution is 2.25. The molecule has 2 aromatic carbocycles. The lowest BCUT2D eigenvalue weighted by molar-refractivity contribution is 0.595. The van der Waals surface area contributed by atoms with Crippen molar-refractivity contribution in [1.29, 1.82) is 0 Å². The van der Waals surface area contributed by atoms with E-state index in [0.717, 1.165) is 11.1 Å². The van der Waals surface area contributed by atoms with Gasteiger partial charge in [0.25, 0.3) is 0 Å². The van der Waals surface area contributed by atoms with Gasteiger partial charge in [-0.25, -0.2) is 8.42 Å². The van der Waals surface area contributed by atoms with E-state index in [2.05, 4.69) is 19.9 Å². The maximum atomic E-state index is 12.4. The molecule has 2 nitrogen and oxygen atoms in total. The van der Waals surface area contributed by atoms with Gasteiger partial charge in [0.2, 0.25) is 0 Å². The van der Waals surface area contributed by atoms with Crippen molar-refractivity contribution >= 4 is 9.84 Å². The molecule has 0 saturated heterocycles. The first-order chi connectivity index (χ1) is 9.42. The predicted octanol–water partition coefficient (Wildman–Crippen LogP) is 4.09. The second-order valence-corrected chi connectivity index (χ2v) is 7.35. The zero-order valence-corrected chi connectivity index (χ0v) is 12.9. The lowest BCUT2D eigenvalue weighted by atomic mass is 9.95. The van der Waals surface area contributed by atoms with Crippen LogP contribution >= 0.6 is 0 Å². The van der Waals surface area contributed by atoms with Crippen LogP contribution in [0.3, 0.4) is 0 Å². The summed E-state index contributed by atoms with van der Waals surface area (Å²) in [4.78, 5) is 0.384. The summed E-state index contributed by atoms with van der Waals surface area (Å²) in [5.41, 5.74) is 3.19. The predicted molar refractivity (Wildman–Crippen MR) is 82.6 cm³/mol. The van der Waals surface area contributed by atoms with Crippen molar-refractivity contribution in [2.75, 3.05) is 0 Å². The zero-order chi connectivity index (χ0) is 14.8. The van der Waals surface area contributed by atoms with Crippen LogP contribution < -0.4 is 0 Å². The van der Waals surface area contributed by atoms with Gasteiger partial charge in [0, 0.05) is 0 Å². The summed E-state index contributed by atoms with van der Waals surface area (Å²) in [7, 11) is -3.28. The van der Waals surface area contributed by atoms with E-state index in [1.165, 1.54) is 5.56 Å². The molecule has 0 N–H and O–H groups in total. The molecule has 0 aromatic heterocycles. The van der Waals surface area contributed by atoms with Gasteiger partial charge in [-0.05, 0) is 41.7 Å². The van der Waals surface area contributed by atoms with Gasteiger partial charge >= 0.3 is 0 Å². The van der Waals surface area contributed by atoms with Gasteiger partial charge in [0.1, 0.15) is 0 Å². The Labute approximate surface area is 121 Å². The van der Waals surface area contributed by atoms with E-state index in [4.69, 9.17) is 0 Å². The second kappa shape index (κ2) is 5.80. The Hall–Kier alpha value is -1.61. The Balaban J connectivity index is 2.38. The molecule has 0 bridgehead atoms. The van der Waals surface area contributed by atoms with Crippen LogP contribution in [0.5, 0.6) is 0 Å². The molecule has 0 unspecified atom stereocenters. The van der Waals surface area contributed by atoms with E-state index in [1.54, 1.807) is 24.3 Å². The molecule has 0 amide bonds. The smallest absolute Gasteiger partial charge is 0.182 e. The van der Waals surface area contributed by atoms with E-state index in [-0.39, 0.29) is 5.75 Å². The Morgan fingerprint density at radius 2 is 1.60 bits per heavy atom. The van der Waals surface area contributed by atoms with Crippen molar-refractivity contribution in [1.82, 2.24) is 0 Å². The van der Waals surface area contributed by atoms with Crippen LogP contribution in [0.15, 0.2) is 53.4 Å². The first kappa shape index (κ1) is 14.8. The van der Waals surface area contributed by atoms with E-state index in [9.17, 15) is 8.42 Å². The summed E-state index contributed by atoms with van der Waals surface area (Å²) in [6.07, 6.45) is 0. The molecule has 2 aromatic rings. The van der Waals surface area contributed by atoms with Crippen molar-refractivity contribution in [2.45, 2.75) is 37.3 Å². The molecule has 3 heteroatoms.